The summed E-state index contributed by atoms with van der Waals surface area (Å²) in [6.45, 7) is 4.35. The van der Waals surface area contributed by atoms with Crippen LogP contribution in [0.4, 0.5) is 0 Å². The second kappa shape index (κ2) is 42.7. The zero-order valence-electron chi connectivity index (χ0n) is 39.0. The number of allylic oxidation sites excluding steroid dienone is 18. The van der Waals surface area contributed by atoms with Crippen LogP contribution in [0.15, 0.2) is 109 Å². The lowest BCUT2D eigenvalue weighted by atomic mass is 10.1. The fourth-order valence-corrected chi connectivity index (χ4v) is 6.13. The van der Waals surface area contributed by atoms with Gasteiger partial charge in [0.2, 0.25) is 0 Å². The Morgan fingerprint density at radius 1 is 0.508 bits per heavy atom. The fourth-order valence-electron chi connectivity index (χ4n) is 6.13. The molecule has 344 valence electrons. The summed E-state index contributed by atoms with van der Waals surface area (Å²) in [6.07, 6.45) is 58.3. The predicted molar refractivity (Wildman–Crippen MR) is 254 cm³/mol. The molecule has 0 amide bonds. The molecule has 0 saturated carbocycles. The van der Waals surface area contributed by atoms with Gasteiger partial charge in [-0.15, -0.1) is 0 Å². The minimum atomic E-state index is -1.14. The molecule has 8 nitrogen and oxygen atoms in total. The van der Waals surface area contributed by atoms with Crippen molar-refractivity contribution in [3.8, 4) is 0 Å². The smallest absolute Gasteiger partial charge is 0.306 e. The summed E-state index contributed by atoms with van der Waals surface area (Å²) in [7, 11) is 5.38. The highest BCUT2D eigenvalue weighted by Crippen LogP contribution is 2.13. The van der Waals surface area contributed by atoms with Gasteiger partial charge in [-0.25, -0.2) is 0 Å². The summed E-state index contributed by atoms with van der Waals surface area (Å²) in [4.78, 5) is 36.9. The Balaban J connectivity index is 4.40. The van der Waals surface area contributed by atoms with E-state index in [9.17, 15) is 19.5 Å². The van der Waals surface area contributed by atoms with E-state index in [0.29, 0.717) is 12.8 Å². The number of nitrogens with zero attached hydrogens (tertiary/aromatic N) is 1. The number of hydrogen-bond acceptors (Lipinski definition) is 7. The molecule has 0 spiro atoms. The van der Waals surface area contributed by atoms with Crippen molar-refractivity contribution in [2.75, 3.05) is 41.0 Å². The van der Waals surface area contributed by atoms with Gasteiger partial charge in [-0.3, -0.25) is 9.59 Å². The van der Waals surface area contributed by atoms with Crippen molar-refractivity contribution in [3.63, 3.8) is 0 Å². The Hall–Kier alpha value is -4.01. The van der Waals surface area contributed by atoms with E-state index < -0.39 is 18.1 Å². The lowest BCUT2D eigenvalue weighted by Crippen LogP contribution is -2.55. The number of quaternary nitrogens is 1. The van der Waals surface area contributed by atoms with Gasteiger partial charge in [0.25, 0.3) is 0 Å². The van der Waals surface area contributed by atoms with Gasteiger partial charge < -0.3 is 28.6 Å². The lowest BCUT2D eigenvalue weighted by molar-refractivity contribution is -0.889. The van der Waals surface area contributed by atoms with Crippen molar-refractivity contribution >= 4 is 17.9 Å². The van der Waals surface area contributed by atoms with Crippen LogP contribution in [0.2, 0.25) is 0 Å². The highest BCUT2D eigenvalue weighted by atomic mass is 16.6. The number of ether oxygens (including phenoxy) is 3. The van der Waals surface area contributed by atoms with E-state index in [-0.39, 0.29) is 42.7 Å². The number of esters is 2. The number of rotatable bonds is 40. The largest absolute Gasteiger partial charge is 0.544 e. The number of aliphatic carboxylic acids is 1. The van der Waals surface area contributed by atoms with E-state index in [1.165, 1.54) is 19.3 Å². The van der Waals surface area contributed by atoms with Crippen molar-refractivity contribution in [2.24, 2.45) is 0 Å². The van der Waals surface area contributed by atoms with Crippen molar-refractivity contribution in [2.45, 2.75) is 167 Å². The molecule has 0 aliphatic heterocycles. The lowest BCUT2D eigenvalue weighted by Gasteiger charge is -2.34. The van der Waals surface area contributed by atoms with E-state index in [2.05, 4.69) is 123 Å². The molecule has 61 heavy (non-hydrogen) atoms. The van der Waals surface area contributed by atoms with E-state index >= 15 is 0 Å². The average molecular weight is 848 g/mol. The normalized spacial score (nSPS) is 13.9. The Labute approximate surface area is 372 Å². The molecular formula is C53H85NO7. The summed E-state index contributed by atoms with van der Waals surface area (Å²) in [5.74, 6) is -1.81. The number of carbonyl (C=O) groups excluding carboxylic acids is 3. The molecular weight excluding hydrogens is 763 g/mol. The van der Waals surface area contributed by atoms with Crippen LogP contribution in [0.5, 0.6) is 0 Å². The first kappa shape index (κ1) is 57.0. The van der Waals surface area contributed by atoms with Gasteiger partial charge in [-0.2, -0.15) is 0 Å². The summed E-state index contributed by atoms with van der Waals surface area (Å²) >= 11 is 0. The zero-order valence-corrected chi connectivity index (χ0v) is 39.0. The first-order valence-electron chi connectivity index (χ1n) is 23.4. The van der Waals surface area contributed by atoms with Crippen LogP contribution in [-0.2, 0) is 28.6 Å². The van der Waals surface area contributed by atoms with Crippen molar-refractivity contribution in [3.05, 3.63) is 109 Å². The molecule has 0 bridgehead atoms. The van der Waals surface area contributed by atoms with Crippen LogP contribution in [0, 0.1) is 0 Å². The molecule has 0 aliphatic carbocycles. The molecule has 0 N–H and O–H groups in total. The first-order valence-corrected chi connectivity index (χ1v) is 23.4. The van der Waals surface area contributed by atoms with Gasteiger partial charge in [0, 0.05) is 19.3 Å². The number of likely N-dealkylation sites (N-methyl/N-ethyl adjacent to an activating group) is 1. The van der Waals surface area contributed by atoms with Crippen LogP contribution >= 0.6 is 0 Å². The molecule has 8 heteroatoms. The topological polar surface area (TPSA) is 102 Å². The maximum atomic E-state index is 12.7. The Morgan fingerprint density at radius 3 is 1.48 bits per heavy atom. The van der Waals surface area contributed by atoms with Gasteiger partial charge >= 0.3 is 11.9 Å². The van der Waals surface area contributed by atoms with E-state index in [1.54, 1.807) is 21.1 Å². The Bertz CT molecular complexity index is 1360. The van der Waals surface area contributed by atoms with E-state index in [4.69, 9.17) is 14.2 Å². The number of hydrogen-bond donors (Lipinski definition) is 0. The Morgan fingerprint density at radius 2 is 0.951 bits per heavy atom. The van der Waals surface area contributed by atoms with Gasteiger partial charge in [-0.1, -0.05) is 162 Å². The minimum absolute atomic E-state index is 0.0171. The molecule has 2 atom stereocenters. The maximum absolute atomic E-state index is 12.7. The van der Waals surface area contributed by atoms with Crippen LogP contribution in [0.3, 0.4) is 0 Å². The SMILES string of the molecule is CC/C=C/C=C/C=C/CCCCCCCCCC(=O)OC(COCCC(C(=O)[O-])[N+](C)(C)C)COC(=O)CCCCC/C=C/C/C=C/C/C=C/C/C=C/C/C=C/C/C=C/CC. The zero-order chi connectivity index (χ0) is 44.9. The summed E-state index contributed by atoms with van der Waals surface area (Å²) in [5.41, 5.74) is 0. The van der Waals surface area contributed by atoms with Crippen molar-refractivity contribution in [1.82, 2.24) is 0 Å². The third-order valence-electron chi connectivity index (χ3n) is 9.72. The summed E-state index contributed by atoms with van der Waals surface area (Å²) in [5, 5.41) is 11.6. The number of carbonyl (C=O) groups is 3. The van der Waals surface area contributed by atoms with Crippen LogP contribution in [0.1, 0.15) is 155 Å². The molecule has 0 fully saturated rings. The van der Waals surface area contributed by atoms with Crippen LogP contribution < -0.4 is 5.11 Å². The highest BCUT2D eigenvalue weighted by Gasteiger charge is 2.25. The summed E-state index contributed by atoms with van der Waals surface area (Å²) in [6, 6.07) is -0.740. The monoisotopic (exact) mass is 848 g/mol. The number of carboxylic acid groups (broad SMARTS) is 1. The van der Waals surface area contributed by atoms with Gasteiger partial charge in [0.15, 0.2) is 6.10 Å². The van der Waals surface area contributed by atoms with Crippen LogP contribution in [0.25, 0.3) is 0 Å². The van der Waals surface area contributed by atoms with Crippen molar-refractivity contribution in [1.29, 1.82) is 0 Å². The summed E-state index contributed by atoms with van der Waals surface area (Å²) < 4.78 is 17.1. The highest BCUT2D eigenvalue weighted by molar-refractivity contribution is 5.70. The second-order valence-electron chi connectivity index (χ2n) is 16.3. The molecule has 0 heterocycles. The third kappa shape index (κ3) is 41.1. The number of carboxylic acids is 1. The molecule has 0 aliphatic rings. The number of unbranched alkanes of at least 4 members (excludes halogenated alkanes) is 10. The van der Waals surface area contributed by atoms with E-state index in [1.807, 2.05) is 0 Å². The third-order valence-corrected chi connectivity index (χ3v) is 9.72. The van der Waals surface area contributed by atoms with E-state index in [0.717, 1.165) is 103 Å². The standard InChI is InChI=1S/C53H85NO7/c1-6-8-10-12-14-16-18-20-22-23-24-25-26-27-28-30-31-33-35-37-39-41-43-51(55)60-48-49(47-59-46-45-50(53(57)58)54(3,4)5)61-52(56)44-42-40-38-36-34-32-29-21-19-17-15-13-11-9-7-2/h8-11,13-17,19-20,22,24-25,27-28,31,33,49-50H,6-7,12,18,21,23,26,29-30,32,34-48H2,1-5H3/b10-8+,11-9+,15-13+,16-14+,19-17+,22-20+,25-24+,28-27+,33-31+. The average Bonchev–Trinajstić information content (AvgIpc) is 3.22. The van der Waals surface area contributed by atoms with Crippen molar-refractivity contribution < 1.29 is 38.2 Å². The molecule has 0 aromatic carbocycles. The minimum Gasteiger partial charge on any atom is -0.544 e. The molecule has 0 saturated heterocycles. The first-order chi connectivity index (χ1) is 29.6. The molecule has 0 radical (unpaired) electrons. The van der Waals surface area contributed by atoms with Crippen LogP contribution in [-0.4, -0.2) is 75.5 Å². The predicted octanol–water partition coefficient (Wildman–Crippen LogP) is 11.9. The molecule has 0 aromatic rings. The fraction of sp³-hybridized carbons (Fsp3) is 0.604. The second-order valence-corrected chi connectivity index (χ2v) is 16.3. The van der Waals surface area contributed by atoms with Gasteiger partial charge in [-0.05, 0) is 83.5 Å². The van der Waals surface area contributed by atoms with Gasteiger partial charge in [0.05, 0.1) is 40.3 Å². The Kier molecular flexibility index (Phi) is 39.9. The maximum Gasteiger partial charge on any atom is 0.306 e. The molecule has 0 rings (SSSR count). The molecule has 2 unspecified atom stereocenters. The van der Waals surface area contributed by atoms with Gasteiger partial charge in [0.1, 0.15) is 12.6 Å². The molecule has 0 aromatic heterocycles. The quantitative estimate of drug-likeness (QED) is 0.0199.